The van der Waals surface area contributed by atoms with Gasteiger partial charge in [-0.2, -0.15) is 17.2 Å². The van der Waals surface area contributed by atoms with E-state index in [0.29, 0.717) is 11.5 Å². The minimum Gasteiger partial charge on any atom is -0.509 e. The summed E-state index contributed by atoms with van der Waals surface area (Å²) in [6.07, 6.45) is 5.52. The Kier molecular flexibility index (Phi) is 9.69. The first kappa shape index (κ1) is 33.4. The molecule has 0 N–H and O–H groups in total. The summed E-state index contributed by atoms with van der Waals surface area (Å²) in [5, 5.41) is 7.45. The average molecular weight is 723 g/mol. The van der Waals surface area contributed by atoms with Gasteiger partial charge in [-0.05, 0) is 91.1 Å². The van der Waals surface area contributed by atoms with Crippen LogP contribution in [0, 0.1) is 26.0 Å². The Balaban J connectivity index is 0.00000401. The molecule has 0 aliphatic carbocycles. The maximum absolute atomic E-state index is 6.48. The number of hydrogen-bond donors (Lipinski definition) is 0. The van der Waals surface area contributed by atoms with Gasteiger partial charge in [0.2, 0.25) is 0 Å². The Labute approximate surface area is 297 Å². The molecular weight excluding hydrogens is 683 g/mol. The van der Waals surface area contributed by atoms with E-state index in [1.807, 2.05) is 30.5 Å². The van der Waals surface area contributed by atoms with Crippen LogP contribution in [-0.4, -0.2) is 19.3 Å². The summed E-state index contributed by atoms with van der Waals surface area (Å²) < 4.78 is 10.7. The van der Waals surface area contributed by atoms with E-state index >= 15 is 0 Å². The zero-order valence-electron chi connectivity index (χ0n) is 28.4. The van der Waals surface area contributed by atoms with Crippen LogP contribution < -0.4 is 4.74 Å². The molecule has 7 rings (SSSR count). The van der Waals surface area contributed by atoms with Gasteiger partial charge in [-0.25, -0.2) is 4.98 Å². The van der Waals surface area contributed by atoms with Crippen LogP contribution in [0.4, 0.5) is 0 Å². The normalized spacial score (nSPS) is 11.3. The van der Waals surface area contributed by atoms with Crippen molar-refractivity contribution in [1.82, 2.24) is 19.3 Å². The molecule has 48 heavy (non-hydrogen) atoms. The average Bonchev–Trinajstić information content (AvgIpc) is 3.63. The first-order chi connectivity index (χ1) is 22.9. The number of rotatable bonds is 9. The van der Waals surface area contributed by atoms with Crippen molar-refractivity contribution >= 4 is 21.8 Å². The van der Waals surface area contributed by atoms with E-state index in [4.69, 9.17) is 14.8 Å². The number of benzene rings is 4. The van der Waals surface area contributed by atoms with Gasteiger partial charge in [0.25, 0.3) is 0 Å². The Hall–Kier alpha value is -4.50. The predicted molar refractivity (Wildman–Crippen MR) is 192 cm³/mol. The molecule has 244 valence electrons. The topological polar surface area (TPSA) is 44.9 Å². The van der Waals surface area contributed by atoms with Gasteiger partial charge in [-0.1, -0.05) is 69.1 Å². The van der Waals surface area contributed by atoms with E-state index in [1.165, 1.54) is 33.5 Å². The molecule has 4 aromatic carbocycles. The zero-order valence-corrected chi connectivity index (χ0v) is 30.0. The summed E-state index contributed by atoms with van der Waals surface area (Å²) in [6, 6.07) is 34.4. The molecule has 0 aliphatic rings. The van der Waals surface area contributed by atoms with Gasteiger partial charge < -0.3 is 9.30 Å². The molecule has 0 radical (unpaired) electrons. The molecule has 0 bridgehead atoms. The molecule has 7 aromatic rings. The summed E-state index contributed by atoms with van der Waals surface area (Å²) in [5.41, 5.74) is 13.1. The van der Waals surface area contributed by atoms with Crippen LogP contribution in [0.5, 0.6) is 11.5 Å². The van der Waals surface area contributed by atoms with Crippen LogP contribution in [0.25, 0.3) is 44.4 Å². The van der Waals surface area contributed by atoms with Crippen LogP contribution >= 0.6 is 0 Å². The molecule has 0 unspecified atom stereocenters. The van der Waals surface area contributed by atoms with Gasteiger partial charge in [-0.3, -0.25) is 4.68 Å². The van der Waals surface area contributed by atoms with Crippen LogP contribution in [0.2, 0.25) is 0 Å². The Bertz CT molecular complexity index is 2240. The molecule has 0 amide bonds. The summed E-state index contributed by atoms with van der Waals surface area (Å²) in [6.45, 7) is 13.2. The van der Waals surface area contributed by atoms with Gasteiger partial charge in [-0.15, -0.1) is 35.7 Å². The van der Waals surface area contributed by atoms with E-state index in [9.17, 15) is 0 Å². The third-order valence-corrected chi connectivity index (χ3v) is 9.07. The summed E-state index contributed by atoms with van der Waals surface area (Å²) >= 11 is 0. The Morgan fingerprint density at radius 1 is 0.688 bits per heavy atom. The van der Waals surface area contributed by atoms with Gasteiger partial charge >= 0.3 is 20.4 Å². The molecule has 3 heterocycles. The first-order valence-corrected chi connectivity index (χ1v) is 16.8. The molecule has 0 saturated heterocycles. The number of aromatic nitrogens is 4. The fourth-order valence-electron chi connectivity index (χ4n) is 6.94. The van der Waals surface area contributed by atoms with Crippen LogP contribution in [-0.2, 0) is 46.1 Å². The molecule has 0 fully saturated rings. The van der Waals surface area contributed by atoms with Crippen molar-refractivity contribution in [3.8, 4) is 34.1 Å². The van der Waals surface area contributed by atoms with Crippen LogP contribution in [0.15, 0.2) is 85.1 Å². The molecule has 3 aromatic heterocycles. The SMILES string of the molecule is CCc1cc(C)cc(CC)c1-c1c(CC)nn(-c2[c-]c(Oc3[c-]c4c(cc3)c3ccccc3n4-c3cc(C)ccn3)ccc2)c1CC.[Pd+2]. The zero-order chi connectivity index (χ0) is 32.7. The second-order valence-electron chi connectivity index (χ2n) is 12.2. The Morgan fingerprint density at radius 3 is 2.15 bits per heavy atom. The predicted octanol–water partition coefficient (Wildman–Crippen LogP) is 10.3. The van der Waals surface area contributed by atoms with Gasteiger partial charge in [0.1, 0.15) is 5.82 Å². The fraction of sp³-hybridized carbons (Fsp3) is 0.238. The number of para-hydroxylation sites is 1. The van der Waals surface area contributed by atoms with Crippen molar-refractivity contribution < 1.29 is 25.2 Å². The van der Waals surface area contributed by atoms with Crippen molar-refractivity contribution in [1.29, 1.82) is 0 Å². The maximum atomic E-state index is 6.48. The minimum atomic E-state index is 0. The summed E-state index contributed by atoms with van der Waals surface area (Å²) in [5.74, 6) is 2.09. The third kappa shape index (κ3) is 5.89. The van der Waals surface area contributed by atoms with Crippen molar-refractivity contribution in [2.75, 3.05) is 0 Å². The monoisotopic (exact) mass is 722 g/mol. The molecule has 0 spiro atoms. The number of pyridine rings is 1. The molecule has 0 atom stereocenters. The summed E-state index contributed by atoms with van der Waals surface area (Å²) in [7, 11) is 0. The standard InChI is InChI=1S/C42H40N4O.Pd/c1-7-29-22-28(6)23-30(8-2)41(29)42-36(9-3)44-46(37(42)10-4)31-14-13-15-32(25-31)47-33-18-19-35-34-16-11-12-17-38(34)45(39(35)26-33)40-24-27(5)20-21-43-40;/h11-24H,7-10H2,1-6H3;/q-2;+2. The molecular formula is C42H40N4OPd. The van der Waals surface area contributed by atoms with E-state index in [1.54, 1.807) is 0 Å². The van der Waals surface area contributed by atoms with E-state index in [2.05, 4.69) is 118 Å². The Morgan fingerprint density at radius 2 is 1.44 bits per heavy atom. The van der Waals surface area contributed by atoms with Gasteiger partial charge in [0.15, 0.2) is 0 Å². The number of ether oxygens (including phenoxy) is 1. The van der Waals surface area contributed by atoms with Crippen molar-refractivity contribution in [3.05, 3.63) is 131 Å². The minimum absolute atomic E-state index is 0. The van der Waals surface area contributed by atoms with Crippen LogP contribution in [0.1, 0.15) is 61.3 Å². The quantitative estimate of drug-likeness (QED) is 0.110. The molecule has 0 saturated carbocycles. The molecule has 6 heteroatoms. The second-order valence-corrected chi connectivity index (χ2v) is 12.2. The first-order valence-electron chi connectivity index (χ1n) is 16.8. The molecule has 0 aliphatic heterocycles. The number of hydrogen-bond acceptors (Lipinski definition) is 3. The third-order valence-electron chi connectivity index (χ3n) is 9.07. The van der Waals surface area contributed by atoms with Crippen LogP contribution in [0.3, 0.4) is 0 Å². The van der Waals surface area contributed by atoms with Crippen molar-refractivity contribution in [3.63, 3.8) is 0 Å². The van der Waals surface area contributed by atoms with Gasteiger partial charge in [0.05, 0.1) is 5.69 Å². The molecule has 5 nitrogen and oxygen atoms in total. The van der Waals surface area contributed by atoms with Gasteiger partial charge in [0, 0.05) is 34.5 Å². The smallest absolute Gasteiger partial charge is 0.509 e. The van der Waals surface area contributed by atoms with Crippen molar-refractivity contribution in [2.45, 2.75) is 67.2 Å². The van der Waals surface area contributed by atoms with E-state index in [-0.39, 0.29) is 20.4 Å². The number of fused-ring (bicyclic) bond motifs is 3. The fourth-order valence-corrected chi connectivity index (χ4v) is 6.94. The van der Waals surface area contributed by atoms with E-state index < -0.39 is 0 Å². The van der Waals surface area contributed by atoms with E-state index in [0.717, 1.165) is 70.3 Å². The summed E-state index contributed by atoms with van der Waals surface area (Å²) in [4.78, 5) is 4.71. The number of nitrogens with zero attached hydrogens (tertiary/aromatic N) is 4. The largest absolute Gasteiger partial charge is 2.00 e. The maximum Gasteiger partial charge on any atom is 2.00 e. The second kappa shape index (κ2) is 13.9. The number of aryl methyl sites for hydroxylation is 5. The van der Waals surface area contributed by atoms with Crippen molar-refractivity contribution in [2.24, 2.45) is 0 Å².